The first-order chi connectivity index (χ1) is 14.6. The quantitative estimate of drug-likeness (QED) is 0.255. The summed E-state index contributed by atoms with van der Waals surface area (Å²) in [6, 6.07) is 4.21. The SMILES string of the molecule is CCNC(=NCc1ccc(N2CCN(C)CC2)nc1)N1CCCC(C(=O)OCC)C1.I. The molecule has 3 heterocycles. The van der Waals surface area contributed by atoms with Crippen LogP contribution in [0.1, 0.15) is 32.3 Å². The number of piperidine rings is 1. The molecule has 0 saturated carbocycles. The zero-order chi connectivity index (χ0) is 21.3. The van der Waals surface area contributed by atoms with Crippen LogP contribution in [0.5, 0.6) is 0 Å². The van der Waals surface area contributed by atoms with Crippen molar-refractivity contribution in [3.63, 3.8) is 0 Å². The minimum absolute atomic E-state index is 0. The van der Waals surface area contributed by atoms with E-state index in [-0.39, 0.29) is 35.9 Å². The van der Waals surface area contributed by atoms with Crippen LogP contribution in [0.25, 0.3) is 0 Å². The van der Waals surface area contributed by atoms with Crippen molar-refractivity contribution in [2.45, 2.75) is 33.2 Å². The number of pyridine rings is 1. The van der Waals surface area contributed by atoms with E-state index < -0.39 is 0 Å². The zero-order valence-electron chi connectivity index (χ0n) is 19.0. The predicted octanol–water partition coefficient (Wildman–Crippen LogP) is 2.19. The van der Waals surface area contributed by atoms with E-state index >= 15 is 0 Å². The Balaban J connectivity index is 0.00000341. The Morgan fingerprint density at radius 2 is 2.00 bits per heavy atom. The molecule has 9 heteroatoms. The lowest BCUT2D eigenvalue weighted by Crippen LogP contribution is -2.48. The minimum Gasteiger partial charge on any atom is -0.466 e. The van der Waals surface area contributed by atoms with Crippen LogP contribution < -0.4 is 10.2 Å². The fourth-order valence-corrected chi connectivity index (χ4v) is 3.95. The van der Waals surface area contributed by atoms with Gasteiger partial charge in [0.15, 0.2) is 5.96 Å². The zero-order valence-corrected chi connectivity index (χ0v) is 21.4. The molecule has 0 aliphatic carbocycles. The molecule has 2 aliphatic rings. The highest BCUT2D eigenvalue weighted by atomic mass is 127. The van der Waals surface area contributed by atoms with Gasteiger partial charge in [0.05, 0.1) is 19.1 Å². The molecule has 174 valence electrons. The maximum atomic E-state index is 12.2. The molecule has 1 aromatic heterocycles. The molecular formula is C22H37IN6O2. The van der Waals surface area contributed by atoms with Crippen LogP contribution in [0.3, 0.4) is 0 Å². The standard InChI is InChI=1S/C22H36N6O2.HI/c1-4-23-22(28-10-6-7-19(17-28)21(29)30-5-2)25-16-18-8-9-20(24-15-18)27-13-11-26(3)12-14-27;/h8-9,15,19H,4-7,10-14,16-17H2,1-3H3,(H,23,25);1H. The molecule has 8 nitrogen and oxygen atoms in total. The summed E-state index contributed by atoms with van der Waals surface area (Å²) in [7, 11) is 2.16. The van der Waals surface area contributed by atoms with Crippen LogP contribution in [0.15, 0.2) is 23.3 Å². The highest BCUT2D eigenvalue weighted by Gasteiger charge is 2.28. The van der Waals surface area contributed by atoms with E-state index in [0.29, 0.717) is 19.7 Å². The molecule has 2 aliphatic heterocycles. The normalized spacial score (nSPS) is 20.2. The minimum atomic E-state index is -0.0956. The van der Waals surface area contributed by atoms with Gasteiger partial charge in [-0.15, -0.1) is 24.0 Å². The number of guanidine groups is 1. The number of ether oxygens (including phenoxy) is 1. The first-order valence-corrected chi connectivity index (χ1v) is 11.2. The highest BCUT2D eigenvalue weighted by molar-refractivity contribution is 14.0. The Morgan fingerprint density at radius 3 is 2.65 bits per heavy atom. The summed E-state index contributed by atoms with van der Waals surface area (Å²) in [6.45, 7) is 11.4. The Kier molecular flexibility index (Phi) is 10.8. The van der Waals surface area contributed by atoms with Crippen LogP contribution in [0.4, 0.5) is 5.82 Å². The fourth-order valence-electron chi connectivity index (χ4n) is 3.95. The largest absolute Gasteiger partial charge is 0.466 e. The number of halogens is 1. The molecule has 0 radical (unpaired) electrons. The second-order valence-corrected chi connectivity index (χ2v) is 8.02. The summed E-state index contributed by atoms with van der Waals surface area (Å²) in [5.41, 5.74) is 1.09. The number of nitrogens with zero attached hydrogens (tertiary/aromatic N) is 5. The average Bonchev–Trinajstić information content (AvgIpc) is 2.78. The van der Waals surface area contributed by atoms with E-state index in [9.17, 15) is 4.79 Å². The maximum absolute atomic E-state index is 12.2. The summed E-state index contributed by atoms with van der Waals surface area (Å²) < 4.78 is 5.22. The Bertz CT molecular complexity index is 706. The van der Waals surface area contributed by atoms with Gasteiger partial charge in [-0.3, -0.25) is 4.79 Å². The second-order valence-electron chi connectivity index (χ2n) is 8.02. The number of hydrogen-bond donors (Lipinski definition) is 1. The lowest BCUT2D eigenvalue weighted by atomic mass is 9.98. The molecule has 0 aromatic carbocycles. The van der Waals surface area contributed by atoms with Crippen molar-refractivity contribution in [1.82, 2.24) is 20.1 Å². The van der Waals surface area contributed by atoms with E-state index in [0.717, 1.165) is 69.5 Å². The van der Waals surface area contributed by atoms with Crippen LogP contribution >= 0.6 is 24.0 Å². The van der Waals surface area contributed by atoms with Crippen LogP contribution in [0, 0.1) is 5.92 Å². The van der Waals surface area contributed by atoms with Gasteiger partial charge in [-0.05, 0) is 45.4 Å². The summed E-state index contributed by atoms with van der Waals surface area (Å²) in [5, 5.41) is 3.37. The van der Waals surface area contributed by atoms with Gasteiger partial charge in [0.25, 0.3) is 0 Å². The topological polar surface area (TPSA) is 73.3 Å². The van der Waals surface area contributed by atoms with Crippen LogP contribution in [-0.4, -0.2) is 86.2 Å². The number of piperazine rings is 1. The van der Waals surface area contributed by atoms with E-state index in [1.807, 2.05) is 13.1 Å². The molecule has 1 aromatic rings. The number of nitrogens with one attached hydrogen (secondary N) is 1. The average molecular weight is 544 g/mol. The number of carbonyl (C=O) groups is 1. The predicted molar refractivity (Wildman–Crippen MR) is 135 cm³/mol. The summed E-state index contributed by atoms with van der Waals surface area (Å²) in [4.78, 5) is 28.5. The molecule has 0 amide bonds. The monoisotopic (exact) mass is 544 g/mol. The van der Waals surface area contributed by atoms with Gasteiger partial charge in [-0.2, -0.15) is 0 Å². The molecule has 2 saturated heterocycles. The number of hydrogen-bond acceptors (Lipinski definition) is 6. The third-order valence-corrected chi connectivity index (χ3v) is 5.72. The number of likely N-dealkylation sites (tertiary alicyclic amines) is 1. The van der Waals surface area contributed by atoms with Crippen molar-refractivity contribution in [3.05, 3.63) is 23.9 Å². The number of likely N-dealkylation sites (N-methyl/N-ethyl adjacent to an activating group) is 1. The first kappa shape index (κ1) is 25.6. The molecule has 1 N–H and O–H groups in total. The lowest BCUT2D eigenvalue weighted by Gasteiger charge is -2.34. The second kappa shape index (κ2) is 13.0. The lowest BCUT2D eigenvalue weighted by molar-refractivity contribution is -0.149. The van der Waals surface area contributed by atoms with Crippen molar-refractivity contribution in [2.75, 3.05) is 64.4 Å². The first-order valence-electron chi connectivity index (χ1n) is 11.2. The van der Waals surface area contributed by atoms with Gasteiger partial charge in [0.2, 0.25) is 0 Å². The third kappa shape index (κ3) is 7.48. The molecular weight excluding hydrogens is 507 g/mol. The Hall–Kier alpha value is -1.62. The summed E-state index contributed by atoms with van der Waals surface area (Å²) in [5.74, 6) is 1.72. The fraction of sp³-hybridized carbons (Fsp3) is 0.682. The van der Waals surface area contributed by atoms with Gasteiger partial charge < -0.3 is 24.8 Å². The van der Waals surface area contributed by atoms with Crippen molar-refractivity contribution in [3.8, 4) is 0 Å². The molecule has 1 atom stereocenters. The Labute approximate surface area is 203 Å². The molecule has 0 spiro atoms. The van der Waals surface area contributed by atoms with E-state index in [2.05, 4.69) is 51.1 Å². The smallest absolute Gasteiger partial charge is 0.310 e. The highest BCUT2D eigenvalue weighted by Crippen LogP contribution is 2.19. The number of esters is 1. The van der Waals surface area contributed by atoms with Gasteiger partial charge in [0.1, 0.15) is 5.82 Å². The van der Waals surface area contributed by atoms with Gasteiger partial charge in [0, 0.05) is 52.0 Å². The number of aliphatic imine (C=N–C) groups is 1. The van der Waals surface area contributed by atoms with Gasteiger partial charge >= 0.3 is 5.97 Å². The molecule has 0 bridgehead atoms. The van der Waals surface area contributed by atoms with Crippen molar-refractivity contribution < 1.29 is 9.53 Å². The Morgan fingerprint density at radius 1 is 1.23 bits per heavy atom. The van der Waals surface area contributed by atoms with Gasteiger partial charge in [-0.25, -0.2) is 9.98 Å². The van der Waals surface area contributed by atoms with Crippen molar-refractivity contribution in [2.24, 2.45) is 10.9 Å². The summed E-state index contributed by atoms with van der Waals surface area (Å²) >= 11 is 0. The van der Waals surface area contributed by atoms with Gasteiger partial charge in [-0.1, -0.05) is 6.07 Å². The van der Waals surface area contributed by atoms with Crippen molar-refractivity contribution >= 4 is 41.7 Å². The molecule has 1 unspecified atom stereocenters. The van der Waals surface area contributed by atoms with Crippen molar-refractivity contribution in [1.29, 1.82) is 0 Å². The number of carbonyl (C=O) groups excluding carboxylic acids is 1. The number of anilines is 1. The van der Waals surface area contributed by atoms with E-state index in [4.69, 9.17) is 9.73 Å². The number of rotatable bonds is 6. The summed E-state index contributed by atoms with van der Waals surface area (Å²) in [6.07, 6.45) is 3.78. The third-order valence-electron chi connectivity index (χ3n) is 5.72. The maximum Gasteiger partial charge on any atom is 0.310 e. The molecule has 31 heavy (non-hydrogen) atoms. The molecule has 2 fully saturated rings. The van der Waals surface area contributed by atoms with E-state index in [1.165, 1.54) is 0 Å². The van der Waals surface area contributed by atoms with Crippen LogP contribution in [-0.2, 0) is 16.1 Å². The molecule has 3 rings (SSSR count). The van der Waals surface area contributed by atoms with E-state index in [1.54, 1.807) is 0 Å². The van der Waals surface area contributed by atoms with Crippen LogP contribution in [0.2, 0.25) is 0 Å². The number of aromatic nitrogens is 1.